The first-order chi connectivity index (χ1) is 10.3. The van der Waals surface area contributed by atoms with Crippen LogP contribution in [-0.2, 0) is 17.7 Å². The second-order valence-electron chi connectivity index (χ2n) is 5.27. The molecule has 4 heteroatoms. The molecule has 0 aliphatic carbocycles. The Hall–Kier alpha value is -1.65. The molecule has 0 fully saturated rings. The van der Waals surface area contributed by atoms with Crippen molar-refractivity contribution in [1.82, 2.24) is 14.9 Å². The second-order valence-corrected chi connectivity index (χ2v) is 5.27. The van der Waals surface area contributed by atoms with E-state index in [9.17, 15) is 0 Å². The number of methoxy groups -OCH3 is 1. The van der Waals surface area contributed by atoms with Crippen molar-refractivity contribution < 1.29 is 4.74 Å². The van der Waals surface area contributed by atoms with Gasteiger partial charge in [-0.05, 0) is 25.0 Å². The number of imidazole rings is 1. The summed E-state index contributed by atoms with van der Waals surface area (Å²) in [5.41, 5.74) is 3.78. The van der Waals surface area contributed by atoms with Crippen molar-refractivity contribution in [2.75, 3.05) is 20.3 Å². The summed E-state index contributed by atoms with van der Waals surface area (Å²) in [6, 6.07) is 6.58. The fourth-order valence-corrected chi connectivity index (χ4v) is 2.45. The molecule has 1 aromatic carbocycles. The highest BCUT2D eigenvalue weighted by molar-refractivity contribution is 5.44. The number of hydrogen-bond donors (Lipinski definition) is 1. The number of rotatable bonds is 8. The van der Waals surface area contributed by atoms with E-state index in [-0.39, 0.29) is 0 Å². The van der Waals surface area contributed by atoms with Gasteiger partial charge in [-0.15, -0.1) is 0 Å². The van der Waals surface area contributed by atoms with Gasteiger partial charge in [-0.25, -0.2) is 4.98 Å². The highest BCUT2D eigenvalue weighted by atomic mass is 16.5. The fourth-order valence-electron chi connectivity index (χ4n) is 2.45. The summed E-state index contributed by atoms with van der Waals surface area (Å²) in [5, 5.41) is 3.42. The Morgan fingerprint density at radius 2 is 2.19 bits per heavy atom. The van der Waals surface area contributed by atoms with Crippen molar-refractivity contribution in [2.45, 2.75) is 33.2 Å². The van der Waals surface area contributed by atoms with Gasteiger partial charge >= 0.3 is 0 Å². The largest absolute Gasteiger partial charge is 0.383 e. The maximum atomic E-state index is 5.08. The second kappa shape index (κ2) is 7.96. The molecule has 0 aliphatic rings. The Kier molecular flexibility index (Phi) is 5.96. The lowest BCUT2D eigenvalue weighted by molar-refractivity contribution is 0.199. The van der Waals surface area contributed by atoms with Crippen molar-refractivity contribution >= 4 is 0 Å². The predicted molar refractivity (Wildman–Crippen MR) is 85.9 cm³/mol. The summed E-state index contributed by atoms with van der Waals surface area (Å²) in [5.74, 6) is 1.12. The number of benzene rings is 1. The third kappa shape index (κ3) is 4.16. The van der Waals surface area contributed by atoms with Gasteiger partial charge in [0.1, 0.15) is 5.82 Å². The SMILES string of the molecule is CCCc1nccn1-c1ccc(C)cc1CNCCOC. The predicted octanol–water partition coefficient (Wildman–Crippen LogP) is 2.87. The van der Waals surface area contributed by atoms with Crippen molar-refractivity contribution in [3.8, 4) is 5.69 Å². The molecule has 114 valence electrons. The summed E-state index contributed by atoms with van der Waals surface area (Å²) in [7, 11) is 1.72. The first kappa shape index (κ1) is 15.7. The Bertz CT molecular complexity index is 563. The summed E-state index contributed by atoms with van der Waals surface area (Å²) < 4.78 is 7.28. The highest BCUT2D eigenvalue weighted by Crippen LogP contribution is 2.19. The zero-order chi connectivity index (χ0) is 15.1. The van der Waals surface area contributed by atoms with Crippen molar-refractivity contribution in [1.29, 1.82) is 0 Å². The van der Waals surface area contributed by atoms with Crippen LogP contribution in [-0.4, -0.2) is 29.8 Å². The van der Waals surface area contributed by atoms with Crippen molar-refractivity contribution in [3.05, 3.63) is 47.5 Å². The van der Waals surface area contributed by atoms with E-state index in [1.165, 1.54) is 16.8 Å². The number of ether oxygens (including phenoxy) is 1. The van der Waals surface area contributed by atoms with Gasteiger partial charge in [-0.2, -0.15) is 0 Å². The Balaban J connectivity index is 2.23. The molecule has 0 saturated carbocycles. The lowest BCUT2D eigenvalue weighted by atomic mass is 10.1. The van der Waals surface area contributed by atoms with E-state index in [0.717, 1.165) is 38.4 Å². The fraction of sp³-hybridized carbons (Fsp3) is 0.471. The molecule has 0 spiro atoms. The summed E-state index contributed by atoms with van der Waals surface area (Å²) in [6.45, 7) is 6.73. The van der Waals surface area contributed by atoms with E-state index in [0.29, 0.717) is 0 Å². The molecule has 0 aliphatic heterocycles. The monoisotopic (exact) mass is 287 g/mol. The number of hydrogen-bond acceptors (Lipinski definition) is 3. The molecular formula is C17H25N3O. The normalized spacial score (nSPS) is 11.0. The molecule has 21 heavy (non-hydrogen) atoms. The summed E-state index contributed by atoms with van der Waals surface area (Å²) in [4.78, 5) is 4.48. The highest BCUT2D eigenvalue weighted by Gasteiger charge is 2.09. The molecule has 1 heterocycles. The molecule has 2 aromatic rings. The number of aryl methyl sites for hydroxylation is 2. The van der Waals surface area contributed by atoms with Crippen LogP contribution in [0.25, 0.3) is 5.69 Å². The Labute approximate surface area is 127 Å². The molecule has 4 nitrogen and oxygen atoms in total. The van der Waals surface area contributed by atoms with Gasteiger partial charge in [-0.3, -0.25) is 0 Å². The van der Waals surface area contributed by atoms with E-state index in [4.69, 9.17) is 4.74 Å². The minimum Gasteiger partial charge on any atom is -0.383 e. The summed E-state index contributed by atoms with van der Waals surface area (Å²) >= 11 is 0. The van der Waals surface area contributed by atoms with Crippen LogP contribution >= 0.6 is 0 Å². The zero-order valence-corrected chi connectivity index (χ0v) is 13.2. The quantitative estimate of drug-likeness (QED) is 0.759. The first-order valence-electron chi connectivity index (χ1n) is 7.58. The van der Waals surface area contributed by atoms with Crippen molar-refractivity contribution in [3.63, 3.8) is 0 Å². The summed E-state index contributed by atoms with van der Waals surface area (Å²) in [6.07, 6.45) is 6.03. The van der Waals surface area contributed by atoms with Gasteiger partial charge in [0.2, 0.25) is 0 Å². The molecule has 1 aromatic heterocycles. The minimum absolute atomic E-state index is 0.729. The molecule has 2 rings (SSSR count). The standard InChI is InChI=1S/C17H25N3O/c1-4-5-17-19-8-10-20(17)16-7-6-14(2)12-15(16)13-18-9-11-21-3/h6-8,10,12,18H,4-5,9,11,13H2,1-3H3. The average molecular weight is 287 g/mol. The lowest BCUT2D eigenvalue weighted by Crippen LogP contribution is -2.20. The molecule has 0 amide bonds. The van der Waals surface area contributed by atoms with Gasteiger partial charge in [0.15, 0.2) is 0 Å². The Morgan fingerprint density at radius 3 is 2.95 bits per heavy atom. The van der Waals surface area contributed by atoms with Gasteiger partial charge in [-0.1, -0.05) is 24.6 Å². The minimum atomic E-state index is 0.729. The van der Waals surface area contributed by atoms with Gasteiger partial charge in [0.05, 0.1) is 12.3 Å². The van der Waals surface area contributed by atoms with E-state index in [1.54, 1.807) is 7.11 Å². The topological polar surface area (TPSA) is 39.1 Å². The van der Waals surface area contributed by atoms with Gasteiger partial charge in [0.25, 0.3) is 0 Å². The molecule has 0 unspecified atom stereocenters. The van der Waals surface area contributed by atoms with E-state index >= 15 is 0 Å². The smallest absolute Gasteiger partial charge is 0.113 e. The van der Waals surface area contributed by atoms with Crippen LogP contribution in [0, 0.1) is 6.92 Å². The third-order valence-corrected chi connectivity index (χ3v) is 3.48. The van der Waals surface area contributed by atoms with Gasteiger partial charge < -0.3 is 14.6 Å². The van der Waals surface area contributed by atoms with Gasteiger partial charge in [0, 0.05) is 39.0 Å². The average Bonchev–Trinajstić information content (AvgIpc) is 2.92. The van der Waals surface area contributed by atoms with Crippen LogP contribution in [0.4, 0.5) is 0 Å². The van der Waals surface area contributed by atoms with Crippen LogP contribution in [0.1, 0.15) is 30.3 Å². The molecule has 0 radical (unpaired) electrons. The van der Waals surface area contributed by atoms with Crippen LogP contribution in [0.3, 0.4) is 0 Å². The van der Waals surface area contributed by atoms with E-state index in [2.05, 4.69) is 46.9 Å². The third-order valence-electron chi connectivity index (χ3n) is 3.48. The molecule has 1 N–H and O–H groups in total. The molecule has 0 saturated heterocycles. The molecule has 0 bridgehead atoms. The maximum absolute atomic E-state index is 5.08. The van der Waals surface area contributed by atoms with E-state index in [1.807, 2.05) is 12.4 Å². The van der Waals surface area contributed by atoms with Crippen molar-refractivity contribution in [2.24, 2.45) is 0 Å². The first-order valence-corrected chi connectivity index (χ1v) is 7.58. The van der Waals surface area contributed by atoms with E-state index < -0.39 is 0 Å². The zero-order valence-electron chi connectivity index (χ0n) is 13.2. The van der Waals surface area contributed by atoms with Crippen LogP contribution in [0.15, 0.2) is 30.6 Å². The molecular weight excluding hydrogens is 262 g/mol. The number of nitrogens with zero attached hydrogens (tertiary/aromatic N) is 2. The van der Waals surface area contributed by atoms with Crippen LogP contribution < -0.4 is 5.32 Å². The van der Waals surface area contributed by atoms with Crippen LogP contribution in [0.2, 0.25) is 0 Å². The number of nitrogens with one attached hydrogen (secondary N) is 1. The lowest BCUT2D eigenvalue weighted by Gasteiger charge is -2.14. The Morgan fingerprint density at radius 1 is 1.33 bits per heavy atom. The molecule has 0 atom stereocenters. The maximum Gasteiger partial charge on any atom is 0.113 e. The number of aromatic nitrogens is 2. The van der Waals surface area contributed by atoms with Crippen LogP contribution in [0.5, 0.6) is 0 Å².